The molecule has 3 nitrogen and oxygen atoms in total. The molecule has 0 aromatic heterocycles. The standard InChI is InChI=1S/C14H19NO2/c1-3-14(7-4-8-14)15-12-6-5-10(2)9-11(12)13(16)17/h5-6,9,15H,3-4,7-8H2,1-2H3,(H,16,17). The third kappa shape index (κ3) is 2.28. The van der Waals surface area contributed by atoms with Gasteiger partial charge >= 0.3 is 5.97 Å². The number of carbonyl (C=O) groups is 1. The van der Waals surface area contributed by atoms with Crippen molar-refractivity contribution in [3.63, 3.8) is 0 Å². The number of nitrogens with one attached hydrogen (secondary N) is 1. The van der Waals surface area contributed by atoms with Crippen LogP contribution in [0.25, 0.3) is 0 Å². The first-order valence-corrected chi connectivity index (χ1v) is 6.18. The first-order valence-electron chi connectivity index (χ1n) is 6.18. The van der Waals surface area contributed by atoms with Crippen LogP contribution in [-0.2, 0) is 0 Å². The fourth-order valence-electron chi connectivity index (χ4n) is 2.40. The second-order valence-corrected chi connectivity index (χ2v) is 4.97. The highest BCUT2D eigenvalue weighted by atomic mass is 16.4. The number of benzene rings is 1. The minimum Gasteiger partial charge on any atom is -0.478 e. The Bertz CT molecular complexity index is 430. The van der Waals surface area contributed by atoms with Crippen LogP contribution in [0.3, 0.4) is 0 Å². The van der Waals surface area contributed by atoms with Gasteiger partial charge in [0.15, 0.2) is 0 Å². The third-order valence-corrected chi connectivity index (χ3v) is 3.79. The number of hydrogen-bond acceptors (Lipinski definition) is 2. The lowest BCUT2D eigenvalue weighted by atomic mass is 9.74. The van der Waals surface area contributed by atoms with Gasteiger partial charge in [-0.1, -0.05) is 18.6 Å². The molecular formula is C14H19NO2. The van der Waals surface area contributed by atoms with E-state index in [-0.39, 0.29) is 5.54 Å². The molecule has 1 aromatic carbocycles. The molecule has 0 spiro atoms. The zero-order chi connectivity index (χ0) is 12.5. The van der Waals surface area contributed by atoms with Crippen LogP contribution < -0.4 is 5.32 Å². The molecule has 0 radical (unpaired) electrons. The van der Waals surface area contributed by atoms with E-state index in [0.717, 1.165) is 30.5 Å². The predicted molar refractivity (Wildman–Crippen MR) is 68.6 cm³/mol. The van der Waals surface area contributed by atoms with Gasteiger partial charge in [-0.15, -0.1) is 0 Å². The third-order valence-electron chi connectivity index (χ3n) is 3.79. The summed E-state index contributed by atoms with van der Waals surface area (Å²) in [6.07, 6.45) is 4.54. The molecule has 2 N–H and O–H groups in total. The summed E-state index contributed by atoms with van der Waals surface area (Å²) in [4.78, 5) is 11.2. The zero-order valence-electron chi connectivity index (χ0n) is 10.4. The Labute approximate surface area is 102 Å². The Balaban J connectivity index is 2.29. The number of rotatable bonds is 4. The summed E-state index contributed by atoms with van der Waals surface area (Å²) < 4.78 is 0. The molecule has 92 valence electrons. The Morgan fingerprint density at radius 1 is 1.47 bits per heavy atom. The van der Waals surface area contributed by atoms with E-state index in [1.165, 1.54) is 6.42 Å². The second kappa shape index (κ2) is 4.40. The Morgan fingerprint density at radius 3 is 2.65 bits per heavy atom. The molecule has 1 fully saturated rings. The van der Waals surface area contributed by atoms with E-state index in [1.807, 2.05) is 19.1 Å². The van der Waals surface area contributed by atoms with Crippen molar-refractivity contribution in [1.82, 2.24) is 0 Å². The Kier molecular flexibility index (Phi) is 3.09. The van der Waals surface area contributed by atoms with Crippen molar-refractivity contribution in [2.45, 2.75) is 45.1 Å². The highest BCUT2D eigenvalue weighted by Crippen LogP contribution is 2.38. The first-order chi connectivity index (χ1) is 8.06. The fraction of sp³-hybridized carbons (Fsp3) is 0.500. The molecule has 17 heavy (non-hydrogen) atoms. The van der Waals surface area contributed by atoms with Crippen LogP contribution >= 0.6 is 0 Å². The van der Waals surface area contributed by atoms with Gasteiger partial charge in [-0.3, -0.25) is 0 Å². The smallest absolute Gasteiger partial charge is 0.337 e. The highest BCUT2D eigenvalue weighted by Gasteiger charge is 2.35. The van der Waals surface area contributed by atoms with Crippen LogP contribution in [0, 0.1) is 6.92 Å². The number of aromatic carboxylic acids is 1. The molecule has 3 heteroatoms. The van der Waals surface area contributed by atoms with Crippen molar-refractivity contribution >= 4 is 11.7 Å². The monoisotopic (exact) mass is 233 g/mol. The van der Waals surface area contributed by atoms with Crippen LogP contribution in [0.1, 0.15) is 48.5 Å². The molecule has 0 heterocycles. The van der Waals surface area contributed by atoms with E-state index < -0.39 is 5.97 Å². The maximum absolute atomic E-state index is 11.2. The lowest BCUT2D eigenvalue weighted by Crippen LogP contribution is -2.44. The predicted octanol–water partition coefficient (Wildman–Crippen LogP) is 3.44. The van der Waals surface area contributed by atoms with Gasteiger partial charge in [-0.2, -0.15) is 0 Å². The van der Waals surface area contributed by atoms with Gasteiger partial charge in [0.25, 0.3) is 0 Å². The summed E-state index contributed by atoms with van der Waals surface area (Å²) >= 11 is 0. The van der Waals surface area contributed by atoms with Gasteiger partial charge in [0.2, 0.25) is 0 Å². The molecule has 0 bridgehead atoms. The molecule has 2 rings (SSSR count). The average molecular weight is 233 g/mol. The number of carboxylic acids is 1. The molecule has 1 saturated carbocycles. The van der Waals surface area contributed by atoms with Gasteiger partial charge < -0.3 is 10.4 Å². The normalized spacial score (nSPS) is 17.3. The fourth-order valence-corrected chi connectivity index (χ4v) is 2.40. The quantitative estimate of drug-likeness (QED) is 0.837. The van der Waals surface area contributed by atoms with E-state index >= 15 is 0 Å². The van der Waals surface area contributed by atoms with Crippen LogP contribution in [0.2, 0.25) is 0 Å². The SMILES string of the molecule is CCC1(Nc2ccc(C)cc2C(=O)O)CCC1. The van der Waals surface area contributed by atoms with E-state index in [4.69, 9.17) is 0 Å². The van der Waals surface area contributed by atoms with Crippen molar-refractivity contribution in [1.29, 1.82) is 0 Å². The summed E-state index contributed by atoms with van der Waals surface area (Å²) in [5.41, 5.74) is 2.24. The van der Waals surface area contributed by atoms with Gasteiger partial charge in [-0.05, 0) is 44.7 Å². The molecule has 0 atom stereocenters. The molecule has 0 amide bonds. The van der Waals surface area contributed by atoms with Crippen molar-refractivity contribution in [2.24, 2.45) is 0 Å². The Hall–Kier alpha value is -1.51. The van der Waals surface area contributed by atoms with E-state index in [9.17, 15) is 9.90 Å². The van der Waals surface area contributed by atoms with Gasteiger partial charge in [-0.25, -0.2) is 4.79 Å². The molecule has 1 aliphatic carbocycles. The van der Waals surface area contributed by atoms with Crippen LogP contribution in [0.5, 0.6) is 0 Å². The summed E-state index contributed by atoms with van der Waals surface area (Å²) in [5, 5.41) is 12.6. The average Bonchev–Trinajstić information content (AvgIpc) is 2.25. The van der Waals surface area contributed by atoms with Crippen molar-refractivity contribution in [2.75, 3.05) is 5.32 Å². The van der Waals surface area contributed by atoms with Crippen molar-refractivity contribution in [3.8, 4) is 0 Å². The Morgan fingerprint density at radius 2 is 2.18 bits per heavy atom. The van der Waals surface area contributed by atoms with E-state index in [1.54, 1.807) is 6.07 Å². The molecule has 0 saturated heterocycles. The maximum atomic E-state index is 11.2. The molecule has 1 aromatic rings. The van der Waals surface area contributed by atoms with Crippen LogP contribution in [-0.4, -0.2) is 16.6 Å². The number of hydrogen-bond donors (Lipinski definition) is 2. The summed E-state index contributed by atoms with van der Waals surface area (Å²) in [7, 11) is 0. The highest BCUT2D eigenvalue weighted by molar-refractivity contribution is 5.94. The molecule has 0 unspecified atom stereocenters. The molecule has 0 aliphatic heterocycles. The minimum absolute atomic E-state index is 0.124. The van der Waals surface area contributed by atoms with Gasteiger partial charge in [0.05, 0.1) is 5.56 Å². The van der Waals surface area contributed by atoms with Gasteiger partial charge in [0.1, 0.15) is 0 Å². The lowest BCUT2D eigenvalue weighted by molar-refractivity contribution is 0.0697. The first kappa shape index (κ1) is 12.0. The number of carboxylic acid groups (broad SMARTS) is 1. The van der Waals surface area contributed by atoms with Crippen LogP contribution in [0.4, 0.5) is 5.69 Å². The molecular weight excluding hydrogens is 214 g/mol. The number of anilines is 1. The zero-order valence-corrected chi connectivity index (χ0v) is 10.4. The summed E-state index contributed by atoms with van der Waals surface area (Å²) in [5.74, 6) is -0.859. The van der Waals surface area contributed by atoms with Gasteiger partial charge in [0, 0.05) is 11.2 Å². The number of aryl methyl sites for hydroxylation is 1. The topological polar surface area (TPSA) is 49.3 Å². The largest absolute Gasteiger partial charge is 0.478 e. The second-order valence-electron chi connectivity index (χ2n) is 4.97. The van der Waals surface area contributed by atoms with E-state index in [2.05, 4.69) is 12.2 Å². The van der Waals surface area contributed by atoms with Crippen molar-refractivity contribution < 1.29 is 9.90 Å². The van der Waals surface area contributed by atoms with E-state index in [0.29, 0.717) is 5.56 Å². The molecule has 1 aliphatic rings. The van der Waals surface area contributed by atoms with Crippen molar-refractivity contribution in [3.05, 3.63) is 29.3 Å². The summed E-state index contributed by atoms with van der Waals surface area (Å²) in [6, 6.07) is 5.57. The van der Waals surface area contributed by atoms with Crippen LogP contribution in [0.15, 0.2) is 18.2 Å². The minimum atomic E-state index is -0.859. The lowest BCUT2D eigenvalue weighted by Gasteiger charge is -2.43. The maximum Gasteiger partial charge on any atom is 0.337 e. The summed E-state index contributed by atoms with van der Waals surface area (Å²) in [6.45, 7) is 4.07.